The predicted octanol–water partition coefficient (Wildman–Crippen LogP) is -0.338. The van der Waals surface area contributed by atoms with Crippen LogP contribution in [0.3, 0.4) is 0 Å². The molecule has 0 aromatic rings. The molecule has 0 aliphatic carbocycles. The van der Waals surface area contributed by atoms with E-state index in [1.165, 1.54) is 11.8 Å². The van der Waals surface area contributed by atoms with E-state index in [4.69, 9.17) is 5.11 Å². The number of carbonyl (C=O) groups is 2. The van der Waals surface area contributed by atoms with Crippen LogP contribution in [0.4, 0.5) is 0 Å². The topological polar surface area (TPSA) is 57.6 Å². The zero-order chi connectivity index (χ0) is 9.72. The van der Waals surface area contributed by atoms with Crippen LogP contribution in [0.15, 0.2) is 0 Å². The second-order valence-electron chi connectivity index (χ2n) is 2.91. The molecule has 1 N–H and O–H groups in total. The highest BCUT2D eigenvalue weighted by molar-refractivity contribution is 5.99. The van der Waals surface area contributed by atoms with E-state index in [9.17, 15) is 9.59 Å². The van der Waals surface area contributed by atoms with Gasteiger partial charge in [0.15, 0.2) is 0 Å². The van der Waals surface area contributed by atoms with E-state index in [-0.39, 0.29) is 24.7 Å². The zero-order valence-corrected chi connectivity index (χ0v) is 7.70. The van der Waals surface area contributed by atoms with Crippen LogP contribution in [0.1, 0.15) is 13.3 Å². The molecule has 0 aliphatic rings. The van der Waals surface area contributed by atoms with Gasteiger partial charge in [-0.2, -0.15) is 0 Å². The molecule has 0 radical (unpaired) electrons. The fourth-order valence-corrected chi connectivity index (χ4v) is 0.941. The van der Waals surface area contributed by atoms with Crippen molar-refractivity contribution in [3.8, 4) is 0 Å². The van der Waals surface area contributed by atoms with Gasteiger partial charge in [0.25, 0.3) is 0 Å². The molecule has 1 amide bonds. The Kier molecular flexibility index (Phi) is 4.51. The second-order valence-corrected chi connectivity index (χ2v) is 2.91. The van der Waals surface area contributed by atoms with Crippen molar-refractivity contribution in [1.82, 2.24) is 4.90 Å². The first kappa shape index (κ1) is 11.1. The molecule has 0 aromatic carbocycles. The molecule has 0 heterocycles. The van der Waals surface area contributed by atoms with Crippen LogP contribution in [-0.4, -0.2) is 42.4 Å². The number of amides is 1. The molecule has 4 heteroatoms. The van der Waals surface area contributed by atoms with E-state index in [2.05, 4.69) is 0 Å². The van der Waals surface area contributed by atoms with E-state index in [1.54, 1.807) is 14.1 Å². The molecule has 0 rings (SSSR count). The molecule has 0 aromatic heterocycles. The van der Waals surface area contributed by atoms with Gasteiger partial charge in [0.1, 0.15) is 5.78 Å². The number of carbonyl (C=O) groups excluding carboxylic acids is 2. The summed E-state index contributed by atoms with van der Waals surface area (Å²) < 4.78 is 0. The first-order chi connectivity index (χ1) is 5.50. The first-order valence-corrected chi connectivity index (χ1v) is 3.83. The number of hydrogen-bond donors (Lipinski definition) is 1. The van der Waals surface area contributed by atoms with E-state index < -0.39 is 5.92 Å². The summed E-state index contributed by atoms with van der Waals surface area (Å²) in [5, 5.41) is 8.59. The Morgan fingerprint density at radius 1 is 1.42 bits per heavy atom. The van der Waals surface area contributed by atoms with Crippen molar-refractivity contribution in [1.29, 1.82) is 0 Å². The van der Waals surface area contributed by atoms with Crippen LogP contribution in [0.2, 0.25) is 0 Å². The molecule has 0 aliphatic heterocycles. The Hall–Kier alpha value is -0.900. The number of aliphatic hydroxyl groups excluding tert-OH is 1. The fraction of sp³-hybridized carbons (Fsp3) is 0.750. The van der Waals surface area contributed by atoms with Gasteiger partial charge < -0.3 is 10.0 Å². The lowest BCUT2D eigenvalue weighted by atomic mass is 10.0. The predicted molar refractivity (Wildman–Crippen MR) is 44.6 cm³/mol. The summed E-state index contributed by atoms with van der Waals surface area (Å²) >= 11 is 0. The van der Waals surface area contributed by atoms with Crippen molar-refractivity contribution >= 4 is 11.7 Å². The highest BCUT2D eigenvalue weighted by Crippen LogP contribution is 2.06. The van der Waals surface area contributed by atoms with Gasteiger partial charge in [0.05, 0.1) is 5.92 Å². The van der Waals surface area contributed by atoms with E-state index in [0.29, 0.717) is 0 Å². The maximum absolute atomic E-state index is 11.3. The number of hydrogen-bond acceptors (Lipinski definition) is 3. The van der Waals surface area contributed by atoms with Gasteiger partial charge in [0.2, 0.25) is 5.91 Å². The monoisotopic (exact) mass is 173 g/mol. The molecule has 0 saturated carbocycles. The number of aliphatic hydroxyl groups is 1. The highest BCUT2D eigenvalue weighted by Gasteiger charge is 2.23. The fourth-order valence-electron chi connectivity index (χ4n) is 0.941. The van der Waals surface area contributed by atoms with Crippen molar-refractivity contribution in [3.63, 3.8) is 0 Å². The normalized spacial score (nSPS) is 12.3. The third kappa shape index (κ3) is 3.00. The number of nitrogens with zero attached hydrogens (tertiary/aromatic N) is 1. The number of Topliss-reactive ketones (excluding diaryl/α,β-unsaturated/α-hetero) is 1. The summed E-state index contributed by atoms with van der Waals surface area (Å²) in [6, 6.07) is 0. The lowest BCUT2D eigenvalue weighted by Gasteiger charge is -2.16. The summed E-state index contributed by atoms with van der Waals surface area (Å²) in [4.78, 5) is 23.6. The SMILES string of the molecule is CC(=O)C(CCO)C(=O)N(C)C. The minimum absolute atomic E-state index is 0.135. The lowest BCUT2D eigenvalue weighted by molar-refractivity contribution is -0.139. The van der Waals surface area contributed by atoms with E-state index in [1.807, 2.05) is 0 Å². The van der Waals surface area contributed by atoms with Gasteiger partial charge in [-0.15, -0.1) is 0 Å². The van der Waals surface area contributed by atoms with Gasteiger partial charge in [-0.25, -0.2) is 0 Å². The van der Waals surface area contributed by atoms with Gasteiger partial charge in [-0.1, -0.05) is 0 Å². The van der Waals surface area contributed by atoms with Crippen molar-refractivity contribution < 1.29 is 14.7 Å². The Bertz CT molecular complexity index is 177. The minimum atomic E-state index is -0.676. The van der Waals surface area contributed by atoms with Crippen molar-refractivity contribution in [2.24, 2.45) is 5.92 Å². The average molecular weight is 173 g/mol. The molecule has 1 atom stereocenters. The maximum Gasteiger partial charge on any atom is 0.232 e. The molecule has 0 bridgehead atoms. The van der Waals surface area contributed by atoms with Gasteiger partial charge in [0, 0.05) is 20.7 Å². The smallest absolute Gasteiger partial charge is 0.232 e. The highest BCUT2D eigenvalue weighted by atomic mass is 16.3. The molecule has 70 valence electrons. The van der Waals surface area contributed by atoms with Crippen LogP contribution in [-0.2, 0) is 9.59 Å². The average Bonchev–Trinajstić information content (AvgIpc) is 1.98. The van der Waals surface area contributed by atoms with Crippen molar-refractivity contribution in [3.05, 3.63) is 0 Å². The Morgan fingerprint density at radius 2 is 1.92 bits per heavy atom. The van der Waals surface area contributed by atoms with Crippen LogP contribution >= 0.6 is 0 Å². The van der Waals surface area contributed by atoms with E-state index in [0.717, 1.165) is 0 Å². The van der Waals surface area contributed by atoms with Gasteiger partial charge >= 0.3 is 0 Å². The van der Waals surface area contributed by atoms with Crippen molar-refractivity contribution in [2.75, 3.05) is 20.7 Å². The molecule has 0 spiro atoms. The van der Waals surface area contributed by atoms with Gasteiger partial charge in [-0.3, -0.25) is 9.59 Å². The molecule has 0 fully saturated rings. The largest absolute Gasteiger partial charge is 0.396 e. The van der Waals surface area contributed by atoms with Crippen LogP contribution in [0.5, 0.6) is 0 Å². The third-order valence-corrected chi connectivity index (χ3v) is 1.65. The number of ketones is 1. The Labute approximate surface area is 72.2 Å². The van der Waals surface area contributed by atoms with Crippen LogP contribution < -0.4 is 0 Å². The lowest BCUT2D eigenvalue weighted by Crippen LogP contribution is -2.34. The molecular weight excluding hydrogens is 158 g/mol. The van der Waals surface area contributed by atoms with Crippen LogP contribution in [0, 0.1) is 5.92 Å². The minimum Gasteiger partial charge on any atom is -0.396 e. The first-order valence-electron chi connectivity index (χ1n) is 3.83. The van der Waals surface area contributed by atoms with Gasteiger partial charge in [-0.05, 0) is 13.3 Å². The van der Waals surface area contributed by atoms with Crippen molar-refractivity contribution in [2.45, 2.75) is 13.3 Å². The van der Waals surface area contributed by atoms with Crippen LogP contribution in [0.25, 0.3) is 0 Å². The molecule has 0 saturated heterocycles. The Balaban J connectivity index is 4.30. The summed E-state index contributed by atoms with van der Waals surface area (Å²) in [6.07, 6.45) is 0.215. The molecule has 4 nitrogen and oxygen atoms in total. The number of rotatable bonds is 4. The second kappa shape index (κ2) is 4.87. The van der Waals surface area contributed by atoms with E-state index >= 15 is 0 Å². The summed E-state index contributed by atoms with van der Waals surface area (Å²) in [6.45, 7) is 1.23. The Morgan fingerprint density at radius 3 is 2.17 bits per heavy atom. The zero-order valence-electron chi connectivity index (χ0n) is 7.70. The third-order valence-electron chi connectivity index (χ3n) is 1.65. The summed E-state index contributed by atoms with van der Waals surface area (Å²) in [5.74, 6) is -1.11. The maximum atomic E-state index is 11.3. The molecule has 12 heavy (non-hydrogen) atoms. The summed E-state index contributed by atoms with van der Waals surface area (Å²) in [5.41, 5.74) is 0. The standard InChI is InChI=1S/C8H15NO3/c1-6(11)7(4-5-10)8(12)9(2)3/h7,10H,4-5H2,1-3H3. The molecular formula is C8H15NO3. The molecule has 1 unspecified atom stereocenters. The quantitative estimate of drug-likeness (QED) is 0.592. The summed E-state index contributed by atoms with van der Waals surface area (Å²) in [7, 11) is 3.19.